The highest BCUT2D eigenvalue weighted by molar-refractivity contribution is 7.91. The Kier molecular flexibility index (Phi) is 3.30. The standard InChI is InChI=1S/C9H14N2O4S2/c10-7-5-16-9(8(7)13)17(14,15)11-3-1-2-6(11)4-12/h5-6,12-13H,1-4,10H2. The summed E-state index contributed by atoms with van der Waals surface area (Å²) in [5, 5.41) is 20.1. The van der Waals surface area contributed by atoms with Gasteiger partial charge < -0.3 is 15.9 Å². The number of aliphatic hydroxyl groups is 1. The number of hydrogen-bond acceptors (Lipinski definition) is 6. The van der Waals surface area contributed by atoms with Crippen molar-refractivity contribution in [2.75, 3.05) is 18.9 Å². The van der Waals surface area contributed by atoms with Gasteiger partial charge in [-0.15, -0.1) is 11.3 Å². The van der Waals surface area contributed by atoms with Crippen LogP contribution in [0.4, 0.5) is 5.69 Å². The number of rotatable bonds is 3. The summed E-state index contributed by atoms with van der Waals surface area (Å²) in [6.07, 6.45) is 1.35. The Labute approximate surface area is 103 Å². The highest BCUT2D eigenvalue weighted by Crippen LogP contribution is 2.39. The van der Waals surface area contributed by atoms with Crippen LogP contribution in [0.3, 0.4) is 0 Å². The first-order valence-electron chi connectivity index (χ1n) is 5.17. The molecular weight excluding hydrogens is 264 g/mol. The number of nitrogens with zero attached hydrogens (tertiary/aromatic N) is 1. The van der Waals surface area contributed by atoms with Crippen molar-refractivity contribution in [1.82, 2.24) is 4.31 Å². The van der Waals surface area contributed by atoms with E-state index >= 15 is 0 Å². The van der Waals surface area contributed by atoms with E-state index in [1.54, 1.807) is 0 Å². The van der Waals surface area contributed by atoms with Crippen LogP contribution in [0.1, 0.15) is 12.8 Å². The first kappa shape index (κ1) is 12.6. The normalized spacial score (nSPS) is 22.1. The molecule has 0 amide bonds. The molecule has 8 heteroatoms. The number of aromatic hydroxyl groups is 1. The zero-order valence-electron chi connectivity index (χ0n) is 9.04. The SMILES string of the molecule is Nc1csc(S(=O)(=O)N2CCCC2CO)c1O. The van der Waals surface area contributed by atoms with Crippen molar-refractivity contribution in [2.24, 2.45) is 0 Å². The summed E-state index contributed by atoms with van der Waals surface area (Å²) >= 11 is 0.896. The topological polar surface area (TPSA) is 104 Å². The molecule has 96 valence electrons. The quantitative estimate of drug-likeness (QED) is 0.732. The van der Waals surface area contributed by atoms with Crippen LogP contribution in [0.15, 0.2) is 9.59 Å². The Balaban J connectivity index is 2.40. The molecule has 1 fully saturated rings. The van der Waals surface area contributed by atoms with Gasteiger partial charge in [0.2, 0.25) is 0 Å². The van der Waals surface area contributed by atoms with Gasteiger partial charge in [0.05, 0.1) is 12.3 Å². The van der Waals surface area contributed by atoms with Gasteiger partial charge in [-0.05, 0) is 12.8 Å². The van der Waals surface area contributed by atoms with Crippen molar-refractivity contribution in [3.63, 3.8) is 0 Å². The van der Waals surface area contributed by atoms with Gasteiger partial charge in [-0.1, -0.05) is 0 Å². The smallest absolute Gasteiger partial charge is 0.256 e. The molecule has 0 aromatic carbocycles. The lowest BCUT2D eigenvalue weighted by Gasteiger charge is -2.21. The lowest BCUT2D eigenvalue weighted by atomic mass is 10.2. The second kappa shape index (κ2) is 4.45. The minimum atomic E-state index is -3.75. The van der Waals surface area contributed by atoms with Crippen LogP contribution in [0.2, 0.25) is 0 Å². The molecule has 1 aliphatic heterocycles. The summed E-state index contributed by atoms with van der Waals surface area (Å²) in [6.45, 7) is 0.158. The van der Waals surface area contributed by atoms with Crippen LogP contribution in [-0.4, -0.2) is 42.1 Å². The Morgan fingerprint density at radius 2 is 2.29 bits per heavy atom. The van der Waals surface area contributed by atoms with Crippen molar-refractivity contribution in [3.05, 3.63) is 5.38 Å². The van der Waals surface area contributed by atoms with E-state index in [4.69, 9.17) is 10.8 Å². The molecule has 17 heavy (non-hydrogen) atoms. The maximum absolute atomic E-state index is 12.2. The van der Waals surface area contributed by atoms with Crippen LogP contribution < -0.4 is 5.73 Å². The maximum Gasteiger partial charge on any atom is 0.256 e. The van der Waals surface area contributed by atoms with Crippen LogP contribution in [0, 0.1) is 0 Å². The summed E-state index contributed by atoms with van der Waals surface area (Å²) in [4.78, 5) is 0. The van der Waals surface area contributed by atoms with E-state index < -0.39 is 21.8 Å². The molecule has 1 saturated heterocycles. The fraction of sp³-hybridized carbons (Fsp3) is 0.556. The first-order valence-corrected chi connectivity index (χ1v) is 7.49. The summed E-state index contributed by atoms with van der Waals surface area (Å²) in [5.41, 5.74) is 5.49. The number of sulfonamides is 1. The van der Waals surface area contributed by atoms with E-state index in [2.05, 4.69) is 0 Å². The monoisotopic (exact) mass is 278 g/mol. The minimum absolute atomic E-state index is 0.0633. The van der Waals surface area contributed by atoms with Gasteiger partial charge in [-0.3, -0.25) is 0 Å². The second-order valence-corrected chi connectivity index (χ2v) is 6.89. The molecule has 1 aromatic heterocycles. The summed E-state index contributed by atoms with van der Waals surface area (Å²) in [5.74, 6) is -0.390. The Bertz CT molecular complexity index is 511. The van der Waals surface area contributed by atoms with E-state index in [0.717, 1.165) is 11.3 Å². The van der Waals surface area contributed by atoms with Crippen LogP contribution in [-0.2, 0) is 10.0 Å². The van der Waals surface area contributed by atoms with Gasteiger partial charge in [-0.2, -0.15) is 4.31 Å². The Morgan fingerprint density at radius 3 is 2.82 bits per heavy atom. The van der Waals surface area contributed by atoms with Gasteiger partial charge in [0.25, 0.3) is 10.0 Å². The third-order valence-corrected chi connectivity index (χ3v) is 6.30. The third kappa shape index (κ3) is 2.01. The van der Waals surface area contributed by atoms with Crippen LogP contribution >= 0.6 is 11.3 Å². The Hall–Kier alpha value is -0.830. The van der Waals surface area contributed by atoms with Crippen LogP contribution in [0.25, 0.3) is 0 Å². The molecule has 0 bridgehead atoms. The summed E-state index contributed by atoms with van der Waals surface area (Å²) in [7, 11) is -3.75. The molecule has 1 aromatic rings. The minimum Gasteiger partial charge on any atom is -0.504 e. The highest BCUT2D eigenvalue weighted by atomic mass is 32.2. The van der Waals surface area contributed by atoms with Crippen molar-refractivity contribution >= 4 is 27.0 Å². The molecule has 0 saturated carbocycles. The predicted octanol–water partition coefficient (Wildman–Crippen LogP) is 0.181. The Morgan fingerprint density at radius 1 is 1.59 bits per heavy atom. The average Bonchev–Trinajstić information content (AvgIpc) is 2.87. The number of aliphatic hydroxyl groups excluding tert-OH is 1. The first-order chi connectivity index (χ1) is 7.98. The molecule has 0 aliphatic carbocycles. The van der Waals surface area contributed by atoms with Crippen molar-refractivity contribution < 1.29 is 18.6 Å². The molecule has 2 rings (SSSR count). The zero-order chi connectivity index (χ0) is 12.6. The fourth-order valence-corrected chi connectivity index (χ4v) is 4.95. The third-order valence-electron chi connectivity index (χ3n) is 2.84. The molecule has 0 spiro atoms. The van der Waals surface area contributed by atoms with Gasteiger partial charge in [0.1, 0.15) is 0 Å². The van der Waals surface area contributed by atoms with Crippen LogP contribution in [0.5, 0.6) is 5.75 Å². The molecule has 1 aliphatic rings. The van der Waals surface area contributed by atoms with E-state index in [1.807, 2.05) is 0 Å². The van der Waals surface area contributed by atoms with E-state index in [0.29, 0.717) is 19.4 Å². The molecule has 0 radical (unpaired) electrons. The number of hydrogen-bond donors (Lipinski definition) is 3. The molecule has 4 N–H and O–H groups in total. The lowest BCUT2D eigenvalue weighted by molar-refractivity contribution is 0.213. The summed E-state index contributed by atoms with van der Waals surface area (Å²) < 4.78 is 25.6. The van der Waals surface area contributed by atoms with E-state index in [1.165, 1.54) is 9.69 Å². The fourth-order valence-electron chi connectivity index (χ4n) is 1.94. The van der Waals surface area contributed by atoms with Gasteiger partial charge in [-0.25, -0.2) is 8.42 Å². The second-order valence-electron chi connectivity index (χ2n) is 3.92. The van der Waals surface area contributed by atoms with E-state index in [-0.39, 0.29) is 16.5 Å². The number of nitrogen functional groups attached to an aromatic ring is 1. The lowest BCUT2D eigenvalue weighted by Crippen LogP contribution is -2.37. The van der Waals surface area contributed by atoms with Gasteiger partial charge in [0.15, 0.2) is 9.96 Å². The largest absolute Gasteiger partial charge is 0.504 e. The average molecular weight is 278 g/mol. The molecule has 2 heterocycles. The van der Waals surface area contributed by atoms with E-state index in [9.17, 15) is 13.5 Å². The number of thiophene rings is 1. The molecule has 6 nitrogen and oxygen atoms in total. The number of anilines is 1. The summed E-state index contributed by atoms with van der Waals surface area (Å²) in [6, 6.07) is -0.400. The van der Waals surface area contributed by atoms with Gasteiger partial charge >= 0.3 is 0 Å². The molecule has 1 atom stereocenters. The predicted molar refractivity (Wildman–Crippen MR) is 64.4 cm³/mol. The highest BCUT2D eigenvalue weighted by Gasteiger charge is 2.37. The van der Waals surface area contributed by atoms with Crippen molar-refractivity contribution in [3.8, 4) is 5.75 Å². The molecule has 1 unspecified atom stereocenters. The van der Waals surface area contributed by atoms with Crippen molar-refractivity contribution in [1.29, 1.82) is 0 Å². The molecular formula is C9H14N2O4S2. The zero-order valence-corrected chi connectivity index (χ0v) is 10.7. The van der Waals surface area contributed by atoms with Gasteiger partial charge in [0, 0.05) is 18.0 Å². The number of nitrogens with two attached hydrogens (primary N) is 1. The van der Waals surface area contributed by atoms with Crippen molar-refractivity contribution in [2.45, 2.75) is 23.1 Å². The maximum atomic E-state index is 12.2.